The first kappa shape index (κ1) is 7.77. The van der Waals surface area contributed by atoms with Crippen LogP contribution in [-0.2, 0) is 10.4 Å². The summed E-state index contributed by atoms with van der Waals surface area (Å²) in [5.74, 6) is 0. The van der Waals surface area contributed by atoms with Crippen molar-refractivity contribution < 1.29 is 4.84 Å². The zero-order valence-electron chi connectivity index (χ0n) is 7.21. The molecule has 1 atom stereocenters. The zero-order valence-corrected chi connectivity index (χ0v) is 7.21. The lowest BCUT2D eigenvalue weighted by Gasteiger charge is -2.22. The molecule has 1 heterocycles. The maximum Gasteiger partial charge on any atom is 0.0704 e. The van der Waals surface area contributed by atoms with Gasteiger partial charge in [0.05, 0.1) is 12.1 Å². The Morgan fingerprint density at radius 1 is 1.33 bits per heavy atom. The molecule has 0 radical (unpaired) electrons. The summed E-state index contributed by atoms with van der Waals surface area (Å²) in [5.41, 5.74) is 4.36. The number of hydroxylamine groups is 1. The fourth-order valence-electron chi connectivity index (χ4n) is 1.53. The number of nitrogens with one attached hydrogen (secondary N) is 1. The van der Waals surface area contributed by atoms with E-state index in [4.69, 9.17) is 4.84 Å². The van der Waals surface area contributed by atoms with Gasteiger partial charge in [0.2, 0.25) is 0 Å². The number of hydrogen-bond acceptors (Lipinski definition) is 2. The maximum absolute atomic E-state index is 5.16. The van der Waals surface area contributed by atoms with Crippen LogP contribution in [0.25, 0.3) is 0 Å². The molecule has 1 aromatic rings. The molecule has 2 rings (SSSR count). The summed E-state index contributed by atoms with van der Waals surface area (Å²) in [6.07, 6.45) is 1.04. The average Bonchev–Trinajstić information content (AvgIpc) is 2.55. The number of rotatable bonds is 1. The van der Waals surface area contributed by atoms with Crippen LogP contribution in [0.4, 0.5) is 0 Å². The maximum atomic E-state index is 5.16. The largest absolute Gasteiger partial charge is 0.301 e. The van der Waals surface area contributed by atoms with Crippen LogP contribution in [-0.4, -0.2) is 6.61 Å². The van der Waals surface area contributed by atoms with E-state index in [0.29, 0.717) is 0 Å². The molecule has 1 fully saturated rings. The highest BCUT2D eigenvalue weighted by Crippen LogP contribution is 2.27. The van der Waals surface area contributed by atoms with E-state index in [-0.39, 0.29) is 5.54 Å². The van der Waals surface area contributed by atoms with Gasteiger partial charge in [0.15, 0.2) is 0 Å². The standard InChI is InChI=1S/C10H13NO/c1-10(7-8-12-11-10)9-5-3-2-4-6-9/h2-6,11H,7-8H2,1H3/t10-/m1/s1. The van der Waals surface area contributed by atoms with Crippen LogP contribution >= 0.6 is 0 Å². The van der Waals surface area contributed by atoms with Gasteiger partial charge in [-0.3, -0.25) is 0 Å². The number of hydrogen-bond donors (Lipinski definition) is 1. The smallest absolute Gasteiger partial charge is 0.0704 e. The van der Waals surface area contributed by atoms with E-state index in [9.17, 15) is 0 Å². The molecule has 12 heavy (non-hydrogen) atoms. The fraction of sp³-hybridized carbons (Fsp3) is 0.400. The van der Waals surface area contributed by atoms with Crippen molar-refractivity contribution in [3.05, 3.63) is 35.9 Å². The van der Waals surface area contributed by atoms with Crippen molar-refractivity contribution in [1.82, 2.24) is 5.48 Å². The first-order chi connectivity index (χ1) is 5.81. The van der Waals surface area contributed by atoms with E-state index in [0.717, 1.165) is 13.0 Å². The van der Waals surface area contributed by atoms with Crippen molar-refractivity contribution in [2.45, 2.75) is 18.9 Å². The Labute approximate surface area is 72.5 Å². The second-order valence-electron chi connectivity index (χ2n) is 3.40. The lowest BCUT2D eigenvalue weighted by Crippen LogP contribution is -2.32. The van der Waals surface area contributed by atoms with Crippen molar-refractivity contribution >= 4 is 0 Å². The van der Waals surface area contributed by atoms with Gasteiger partial charge >= 0.3 is 0 Å². The molecule has 0 spiro atoms. The van der Waals surface area contributed by atoms with Crippen LogP contribution in [0.2, 0.25) is 0 Å². The van der Waals surface area contributed by atoms with Gasteiger partial charge in [-0.2, -0.15) is 5.48 Å². The van der Waals surface area contributed by atoms with E-state index < -0.39 is 0 Å². The van der Waals surface area contributed by atoms with Gasteiger partial charge in [0.1, 0.15) is 0 Å². The summed E-state index contributed by atoms with van der Waals surface area (Å²) < 4.78 is 0. The highest BCUT2D eigenvalue weighted by molar-refractivity contribution is 5.23. The summed E-state index contributed by atoms with van der Waals surface area (Å²) in [4.78, 5) is 5.16. The zero-order chi connectivity index (χ0) is 8.44. The van der Waals surface area contributed by atoms with Crippen molar-refractivity contribution in [1.29, 1.82) is 0 Å². The molecule has 2 heteroatoms. The topological polar surface area (TPSA) is 21.3 Å². The number of benzene rings is 1. The molecule has 1 aliphatic heterocycles. The van der Waals surface area contributed by atoms with Gasteiger partial charge in [-0.1, -0.05) is 30.3 Å². The van der Waals surface area contributed by atoms with Crippen LogP contribution in [0.3, 0.4) is 0 Å². The van der Waals surface area contributed by atoms with Crippen molar-refractivity contribution in [2.75, 3.05) is 6.61 Å². The molecular formula is C10H13NO. The first-order valence-electron chi connectivity index (χ1n) is 4.26. The Morgan fingerprint density at radius 3 is 2.67 bits per heavy atom. The highest BCUT2D eigenvalue weighted by Gasteiger charge is 2.30. The summed E-state index contributed by atoms with van der Waals surface area (Å²) >= 11 is 0. The molecule has 2 nitrogen and oxygen atoms in total. The van der Waals surface area contributed by atoms with E-state index in [1.165, 1.54) is 5.56 Å². The quantitative estimate of drug-likeness (QED) is 0.682. The fourth-order valence-corrected chi connectivity index (χ4v) is 1.53. The monoisotopic (exact) mass is 163 g/mol. The van der Waals surface area contributed by atoms with Gasteiger partial charge in [0.25, 0.3) is 0 Å². The minimum Gasteiger partial charge on any atom is -0.301 e. The summed E-state index contributed by atoms with van der Waals surface area (Å²) in [5, 5.41) is 0. The predicted molar refractivity (Wildman–Crippen MR) is 47.5 cm³/mol. The Kier molecular flexibility index (Phi) is 1.87. The Morgan fingerprint density at radius 2 is 2.08 bits per heavy atom. The van der Waals surface area contributed by atoms with Crippen LogP contribution in [0.1, 0.15) is 18.9 Å². The normalized spacial score (nSPS) is 29.1. The average molecular weight is 163 g/mol. The van der Waals surface area contributed by atoms with Gasteiger partial charge in [-0.05, 0) is 18.9 Å². The van der Waals surface area contributed by atoms with Crippen LogP contribution in [0.5, 0.6) is 0 Å². The van der Waals surface area contributed by atoms with Crippen molar-refractivity contribution in [3.63, 3.8) is 0 Å². The van der Waals surface area contributed by atoms with Crippen LogP contribution in [0, 0.1) is 0 Å². The minimum atomic E-state index is 0.0151. The summed E-state index contributed by atoms with van der Waals surface area (Å²) in [6.45, 7) is 2.96. The van der Waals surface area contributed by atoms with Gasteiger partial charge in [0, 0.05) is 0 Å². The van der Waals surface area contributed by atoms with Gasteiger partial charge in [-0.15, -0.1) is 0 Å². The van der Waals surface area contributed by atoms with Gasteiger partial charge < -0.3 is 4.84 Å². The summed E-state index contributed by atoms with van der Waals surface area (Å²) in [7, 11) is 0. The Bertz CT molecular complexity index is 252. The third-order valence-electron chi connectivity index (χ3n) is 2.41. The molecule has 1 aliphatic rings. The SMILES string of the molecule is C[C@]1(c2ccccc2)CCON1. The predicted octanol–water partition coefficient (Wildman–Crippen LogP) is 1.83. The highest BCUT2D eigenvalue weighted by atomic mass is 16.7. The minimum absolute atomic E-state index is 0.0151. The molecule has 64 valence electrons. The molecule has 1 saturated heterocycles. The third-order valence-corrected chi connectivity index (χ3v) is 2.41. The molecule has 0 bridgehead atoms. The Balaban J connectivity index is 2.29. The second kappa shape index (κ2) is 2.88. The lowest BCUT2D eigenvalue weighted by atomic mass is 9.91. The van der Waals surface area contributed by atoms with E-state index >= 15 is 0 Å². The third kappa shape index (κ3) is 1.24. The lowest BCUT2D eigenvalue weighted by molar-refractivity contribution is 0.0654. The molecular weight excluding hydrogens is 150 g/mol. The van der Waals surface area contributed by atoms with Crippen molar-refractivity contribution in [2.24, 2.45) is 0 Å². The van der Waals surface area contributed by atoms with E-state index in [2.05, 4.69) is 36.7 Å². The molecule has 0 aromatic heterocycles. The molecule has 0 aliphatic carbocycles. The molecule has 1 N–H and O–H groups in total. The second-order valence-corrected chi connectivity index (χ2v) is 3.40. The van der Waals surface area contributed by atoms with Crippen molar-refractivity contribution in [3.8, 4) is 0 Å². The van der Waals surface area contributed by atoms with Gasteiger partial charge in [-0.25, -0.2) is 0 Å². The van der Waals surface area contributed by atoms with E-state index in [1.807, 2.05) is 6.07 Å². The summed E-state index contributed by atoms with van der Waals surface area (Å²) in [6, 6.07) is 10.4. The van der Waals surface area contributed by atoms with E-state index in [1.54, 1.807) is 0 Å². The molecule has 0 saturated carbocycles. The molecule has 0 unspecified atom stereocenters. The molecule has 1 aromatic carbocycles. The van der Waals surface area contributed by atoms with Crippen LogP contribution in [0.15, 0.2) is 30.3 Å². The molecule has 0 amide bonds. The Hall–Kier alpha value is -0.860. The van der Waals surface area contributed by atoms with Crippen LogP contribution < -0.4 is 5.48 Å². The first-order valence-corrected chi connectivity index (χ1v) is 4.26.